The molecule has 0 radical (unpaired) electrons. The summed E-state index contributed by atoms with van der Waals surface area (Å²) in [7, 11) is 0. The molecule has 3 aromatic carbocycles. The van der Waals surface area contributed by atoms with E-state index in [9.17, 15) is 9.59 Å². The van der Waals surface area contributed by atoms with Crippen LogP contribution >= 0.6 is 11.3 Å². The summed E-state index contributed by atoms with van der Waals surface area (Å²) < 4.78 is 10.8. The van der Waals surface area contributed by atoms with Gasteiger partial charge in [0.2, 0.25) is 23.7 Å². The Morgan fingerprint density at radius 1 is 0.889 bits per heavy atom. The molecular weight excluding hydrogens is 476 g/mol. The van der Waals surface area contributed by atoms with E-state index in [4.69, 9.17) is 9.47 Å². The molecular formula is C27H24N4O4S. The van der Waals surface area contributed by atoms with Crippen LogP contribution in [0.5, 0.6) is 11.5 Å². The molecule has 2 N–H and O–H groups in total. The summed E-state index contributed by atoms with van der Waals surface area (Å²) in [6.45, 7) is 0.191. The van der Waals surface area contributed by atoms with Gasteiger partial charge in [-0.25, -0.2) is 0 Å². The van der Waals surface area contributed by atoms with Crippen molar-refractivity contribution in [3.05, 3.63) is 90.0 Å². The smallest absolute Gasteiger partial charge is 0.249 e. The molecule has 0 spiro atoms. The molecule has 1 atom stereocenters. The van der Waals surface area contributed by atoms with Crippen LogP contribution in [-0.4, -0.2) is 34.8 Å². The van der Waals surface area contributed by atoms with Crippen LogP contribution in [0.1, 0.15) is 17.5 Å². The van der Waals surface area contributed by atoms with Crippen molar-refractivity contribution < 1.29 is 19.1 Å². The minimum Gasteiger partial charge on any atom is -0.454 e. The van der Waals surface area contributed by atoms with Gasteiger partial charge in [-0.2, -0.15) is 0 Å². The fourth-order valence-electron chi connectivity index (χ4n) is 3.84. The number of ether oxygens (including phenoxy) is 2. The van der Waals surface area contributed by atoms with Crippen LogP contribution < -0.4 is 20.1 Å². The van der Waals surface area contributed by atoms with Crippen LogP contribution in [-0.2, 0) is 22.4 Å². The molecule has 2 amide bonds. The molecule has 182 valence electrons. The van der Waals surface area contributed by atoms with Gasteiger partial charge in [0.1, 0.15) is 11.0 Å². The Morgan fingerprint density at radius 3 is 2.39 bits per heavy atom. The Morgan fingerprint density at radius 2 is 1.61 bits per heavy atom. The predicted molar refractivity (Wildman–Crippen MR) is 137 cm³/mol. The van der Waals surface area contributed by atoms with Gasteiger partial charge in [0.25, 0.3) is 0 Å². The van der Waals surface area contributed by atoms with E-state index in [1.165, 1.54) is 11.3 Å². The number of rotatable bonds is 9. The molecule has 0 fully saturated rings. The van der Waals surface area contributed by atoms with Crippen molar-refractivity contribution in [3.8, 4) is 22.1 Å². The molecule has 36 heavy (non-hydrogen) atoms. The number of hydrogen-bond donors (Lipinski definition) is 2. The van der Waals surface area contributed by atoms with Gasteiger partial charge >= 0.3 is 0 Å². The second-order valence-electron chi connectivity index (χ2n) is 8.27. The fraction of sp³-hybridized carbons (Fsp3) is 0.185. The minimum absolute atomic E-state index is 0.187. The first-order chi connectivity index (χ1) is 17.6. The van der Waals surface area contributed by atoms with Crippen LogP contribution in [0.4, 0.5) is 5.13 Å². The molecule has 1 aliphatic heterocycles. The Hall–Kier alpha value is -4.24. The van der Waals surface area contributed by atoms with E-state index in [1.54, 1.807) is 0 Å². The summed E-state index contributed by atoms with van der Waals surface area (Å²) in [4.78, 5) is 25.9. The molecule has 0 aliphatic carbocycles. The zero-order valence-electron chi connectivity index (χ0n) is 19.3. The number of aryl methyl sites for hydroxylation is 1. The van der Waals surface area contributed by atoms with Crippen LogP contribution in [0, 0.1) is 0 Å². The predicted octanol–water partition coefficient (Wildman–Crippen LogP) is 4.23. The molecule has 0 bridgehead atoms. The average Bonchev–Trinajstić information content (AvgIpc) is 3.57. The second kappa shape index (κ2) is 11.0. The number of nitrogens with one attached hydrogen (secondary N) is 2. The van der Waals surface area contributed by atoms with Crippen LogP contribution in [0.2, 0.25) is 0 Å². The molecule has 5 rings (SSSR count). The molecule has 2 heterocycles. The Bertz CT molecular complexity index is 1340. The van der Waals surface area contributed by atoms with E-state index in [-0.39, 0.29) is 25.0 Å². The van der Waals surface area contributed by atoms with Crippen molar-refractivity contribution in [2.45, 2.75) is 25.3 Å². The van der Waals surface area contributed by atoms with Gasteiger partial charge in [-0.3, -0.25) is 14.9 Å². The highest BCUT2D eigenvalue weighted by atomic mass is 32.1. The van der Waals surface area contributed by atoms with Crippen LogP contribution in [0.15, 0.2) is 78.9 Å². The maximum Gasteiger partial charge on any atom is 0.249 e. The quantitative estimate of drug-likeness (QED) is 0.357. The van der Waals surface area contributed by atoms with Gasteiger partial charge in [-0.05, 0) is 35.7 Å². The van der Waals surface area contributed by atoms with Crippen molar-refractivity contribution in [3.63, 3.8) is 0 Å². The highest BCUT2D eigenvalue weighted by Crippen LogP contribution is 2.37. The third-order valence-corrected chi connectivity index (χ3v) is 6.58. The number of anilines is 1. The first-order valence-corrected chi connectivity index (χ1v) is 12.4. The lowest BCUT2D eigenvalue weighted by Gasteiger charge is -2.18. The van der Waals surface area contributed by atoms with Gasteiger partial charge in [0, 0.05) is 18.4 Å². The molecule has 0 saturated heterocycles. The number of carbonyl (C=O) groups is 2. The lowest BCUT2D eigenvalue weighted by atomic mass is 10.0. The van der Waals surface area contributed by atoms with Gasteiger partial charge in [0.05, 0.1) is 0 Å². The average molecular weight is 501 g/mol. The Labute approximate surface area is 212 Å². The normalized spacial score (nSPS) is 12.7. The first-order valence-electron chi connectivity index (χ1n) is 11.6. The minimum atomic E-state index is -0.756. The van der Waals surface area contributed by atoms with Gasteiger partial charge in [-0.15, -0.1) is 10.2 Å². The number of aromatic nitrogens is 2. The summed E-state index contributed by atoms with van der Waals surface area (Å²) in [5.74, 6) is 0.798. The molecule has 1 unspecified atom stereocenters. The lowest BCUT2D eigenvalue weighted by molar-refractivity contribution is -0.126. The molecule has 1 aliphatic rings. The number of nitrogens with zero attached hydrogens (tertiary/aromatic N) is 2. The second-order valence-corrected chi connectivity index (χ2v) is 9.24. The van der Waals surface area contributed by atoms with Gasteiger partial charge in [0.15, 0.2) is 11.5 Å². The largest absolute Gasteiger partial charge is 0.454 e. The maximum atomic E-state index is 13.2. The van der Waals surface area contributed by atoms with E-state index < -0.39 is 6.04 Å². The first kappa shape index (κ1) is 23.5. The lowest BCUT2D eigenvalue weighted by Crippen LogP contribution is -2.45. The van der Waals surface area contributed by atoms with Gasteiger partial charge < -0.3 is 14.8 Å². The zero-order chi connectivity index (χ0) is 24.7. The summed E-state index contributed by atoms with van der Waals surface area (Å²) in [5, 5.41) is 15.0. The van der Waals surface area contributed by atoms with E-state index in [0.717, 1.165) is 16.7 Å². The third kappa shape index (κ3) is 5.87. The van der Waals surface area contributed by atoms with Crippen molar-refractivity contribution >= 4 is 28.3 Å². The SMILES string of the molecule is O=C(CCc1ccccc1)NC(Cc1ccccc1)C(=O)Nc1nnc(-c2ccc3c(c2)OCO3)s1. The van der Waals surface area contributed by atoms with E-state index in [1.807, 2.05) is 78.9 Å². The third-order valence-electron chi connectivity index (χ3n) is 5.69. The zero-order valence-corrected chi connectivity index (χ0v) is 20.2. The number of benzene rings is 3. The van der Waals surface area contributed by atoms with E-state index >= 15 is 0 Å². The van der Waals surface area contributed by atoms with Crippen molar-refractivity contribution in [1.29, 1.82) is 0 Å². The summed E-state index contributed by atoms with van der Waals surface area (Å²) >= 11 is 1.25. The van der Waals surface area contributed by atoms with Crippen molar-refractivity contribution in [2.75, 3.05) is 12.1 Å². The molecule has 4 aromatic rings. The van der Waals surface area contributed by atoms with Crippen LogP contribution in [0.25, 0.3) is 10.6 Å². The number of fused-ring (bicyclic) bond motifs is 1. The standard InChI is InChI=1S/C27H24N4O4S/c32-24(14-11-18-7-3-1-4-8-18)28-21(15-19-9-5-2-6-10-19)25(33)29-27-31-30-26(36-27)20-12-13-22-23(16-20)35-17-34-22/h1-10,12-13,16,21H,11,14-15,17H2,(H,28,32)(H,29,31,33). The summed E-state index contributed by atoms with van der Waals surface area (Å²) in [5.41, 5.74) is 2.83. The monoisotopic (exact) mass is 500 g/mol. The van der Waals surface area contributed by atoms with Crippen molar-refractivity contribution in [2.24, 2.45) is 0 Å². The van der Waals surface area contributed by atoms with Crippen LogP contribution in [0.3, 0.4) is 0 Å². The van der Waals surface area contributed by atoms with E-state index in [0.29, 0.717) is 34.5 Å². The molecule has 1 aromatic heterocycles. The Balaban J connectivity index is 1.26. The van der Waals surface area contributed by atoms with Gasteiger partial charge in [-0.1, -0.05) is 72.0 Å². The number of amides is 2. The maximum absolute atomic E-state index is 13.2. The molecule has 8 nitrogen and oxygen atoms in total. The highest BCUT2D eigenvalue weighted by molar-refractivity contribution is 7.18. The topological polar surface area (TPSA) is 102 Å². The number of hydrogen-bond acceptors (Lipinski definition) is 7. The Kier molecular flexibility index (Phi) is 7.18. The summed E-state index contributed by atoms with van der Waals surface area (Å²) in [6, 6.07) is 24.1. The molecule has 0 saturated carbocycles. The van der Waals surface area contributed by atoms with Crippen molar-refractivity contribution in [1.82, 2.24) is 15.5 Å². The number of carbonyl (C=O) groups excluding carboxylic acids is 2. The molecule has 9 heteroatoms. The summed E-state index contributed by atoms with van der Waals surface area (Å²) in [6.07, 6.45) is 1.24. The highest BCUT2D eigenvalue weighted by Gasteiger charge is 2.23. The van der Waals surface area contributed by atoms with E-state index in [2.05, 4.69) is 20.8 Å². The fourth-order valence-corrected chi connectivity index (χ4v) is 4.58.